The van der Waals surface area contributed by atoms with Crippen LogP contribution in [0.15, 0.2) is 12.3 Å². The Balaban J connectivity index is 1.81. The van der Waals surface area contributed by atoms with E-state index < -0.39 is 0 Å². The van der Waals surface area contributed by atoms with Crippen LogP contribution in [0.1, 0.15) is 54.8 Å². The number of nitrogens with zero attached hydrogens (tertiary/aromatic N) is 3. The van der Waals surface area contributed by atoms with Gasteiger partial charge in [-0.3, -0.25) is 4.79 Å². The predicted octanol–water partition coefficient (Wildman–Crippen LogP) is 1.55. The number of aromatic nitrogens is 2. The van der Waals surface area contributed by atoms with Crippen molar-refractivity contribution >= 4 is 5.91 Å². The van der Waals surface area contributed by atoms with Crippen LogP contribution < -0.4 is 5.73 Å². The molecule has 0 radical (unpaired) electrons. The summed E-state index contributed by atoms with van der Waals surface area (Å²) < 4.78 is 0. The van der Waals surface area contributed by atoms with E-state index in [0.29, 0.717) is 24.1 Å². The topological polar surface area (TPSA) is 72.1 Å². The van der Waals surface area contributed by atoms with Gasteiger partial charge in [-0.1, -0.05) is 6.92 Å². The van der Waals surface area contributed by atoms with E-state index in [1.165, 1.54) is 0 Å². The molecule has 1 saturated heterocycles. The lowest BCUT2D eigenvalue weighted by atomic mass is 9.90. The Bertz CT molecular complexity index is 500. The van der Waals surface area contributed by atoms with Crippen molar-refractivity contribution in [3.05, 3.63) is 23.8 Å². The first-order chi connectivity index (χ1) is 9.70. The summed E-state index contributed by atoms with van der Waals surface area (Å²) in [6.07, 6.45) is 6.18. The Hall–Kier alpha value is -1.49. The molecule has 20 heavy (non-hydrogen) atoms. The van der Waals surface area contributed by atoms with Crippen LogP contribution in [-0.4, -0.2) is 39.9 Å². The van der Waals surface area contributed by atoms with Crippen molar-refractivity contribution in [2.24, 2.45) is 11.7 Å². The average molecular weight is 274 g/mol. The predicted molar refractivity (Wildman–Crippen MR) is 76.3 cm³/mol. The van der Waals surface area contributed by atoms with Gasteiger partial charge in [-0.2, -0.15) is 0 Å². The normalized spacial score (nSPS) is 26.6. The maximum Gasteiger partial charge on any atom is 0.272 e. The third kappa shape index (κ3) is 2.54. The number of carbonyl (C=O) groups excluding carboxylic acids is 1. The Kier molecular flexibility index (Phi) is 3.70. The van der Waals surface area contributed by atoms with Crippen molar-refractivity contribution in [1.29, 1.82) is 0 Å². The Morgan fingerprint density at radius 3 is 2.95 bits per heavy atom. The summed E-state index contributed by atoms with van der Waals surface area (Å²) in [5.74, 6) is 1.76. The average Bonchev–Trinajstić information content (AvgIpc) is 3.31. The molecule has 5 heteroatoms. The minimum atomic E-state index is 0.0105. The number of nitrogens with two attached hydrogens (primary N) is 1. The van der Waals surface area contributed by atoms with Crippen LogP contribution in [0, 0.1) is 5.92 Å². The molecule has 108 valence electrons. The van der Waals surface area contributed by atoms with Crippen molar-refractivity contribution in [2.75, 3.05) is 13.1 Å². The molecule has 2 heterocycles. The van der Waals surface area contributed by atoms with Gasteiger partial charge in [-0.25, -0.2) is 9.97 Å². The van der Waals surface area contributed by atoms with E-state index in [4.69, 9.17) is 5.73 Å². The second kappa shape index (κ2) is 5.48. The van der Waals surface area contributed by atoms with Gasteiger partial charge in [-0.15, -0.1) is 0 Å². The molecule has 1 aliphatic carbocycles. The van der Waals surface area contributed by atoms with Gasteiger partial charge in [-0.05, 0) is 37.7 Å². The zero-order chi connectivity index (χ0) is 14.1. The molecule has 1 aromatic heterocycles. The third-order valence-electron chi connectivity index (χ3n) is 4.45. The fraction of sp³-hybridized carbons (Fsp3) is 0.667. The van der Waals surface area contributed by atoms with Crippen LogP contribution in [0.4, 0.5) is 0 Å². The van der Waals surface area contributed by atoms with Crippen LogP contribution in [-0.2, 0) is 0 Å². The van der Waals surface area contributed by atoms with Crippen LogP contribution >= 0.6 is 0 Å². The van der Waals surface area contributed by atoms with Crippen LogP contribution in [0.25, 0.3) is 0 Å². The molecule has 2 aliphatic rings. The molecule has 0 aromatic carbocycles. The highest BCUT2D eigenvalue weighted by atomic mass is 16.2. The summed E-state index contributed by atoms with van der Waals surface area (Å²) in [5.41, 5.74) is 6.38. The maximum absolute atomic E-state index is 12.7. The van der Waals surface area contributed by atoms with Crippen molar-refractivity contribution in [3.63, 3.8) is 0 Å². The minimum absolute atomic E-state index is 0.0105. The number of piperidine rings is 1. The summed E-state index contributed by atoms with van der Waals surface area (Å²) in [5, 5.41) is 0. The highest BCUT2D eigenvalue weighted by molar-refractivity contribution is 5.92. The molecule has 0 spiro atoms. The summed E-state index contributed by atoms with van der Waals surface area (Å²) in [6.45, 7) is 3.48. The van der Waals surface area contributed by atoms with Crippen molar-refractivity contribution in [1.82, 2.24) is 14.9 Å². The number of hydrogen-bond donors (Lipinski definition) is 1. The van der Waals surface area contributed by atoms with E-state index in [0.717, 1.165) is 38.1 Å². The lowest BCUT2D eigenvalue weighted by Gasteiger charge is -2.39. The highest BCUT2D eigenvalue weighted by Gasteiger charge is 2.33. The van der Waals surface area contributed by atoms with E-state index in [1.54, 1.807) is 12.3 Å². The van der Waals surface area contributed by atoms with Gasteiger partial charge < -0.3 is 10.6 Å². The largest absolute Gasteiger partial charge is 0.333 e. The Morgan fingerprint density at radius 1 is 1.45 bits per heavy atom. The van der Waals surface area contributed by atoms with Crippen molar-refractivity contribution < 1.29 is 4.79 Å². The van der Waals surface area contributed by atoms with E-state index in [2.05, 4.69) is 16.9 Å². The quantitative estimate of drug-likeness (QED) is 0.907. The first-order valence-electron chi connectivity index (χ1n) is 7.54. The molecule has 5 nitrogen and oxygen atoms in total. The van der Waals surface area contributed by atoms with Gasteiger partial charge >= 0.3 is 0 Å². The Labute approximate surface area is 119 Å². The zero-order valence-electron chi connectivity index (χ0n) is 12.0. The molecule has 0 unspecified atom stereocenters. The molecule has 2 fully saturated rings. The molecule has 3 rings (SSSR count). The van der Waals surface area contributed by atoms with Crippen LogP contribution in [0.3, 0.4) is 0 Å². The molecular weight excluding hydrogens is 252 g/mol. The van der Waals surface area contributed by atoms with Gasteiger partial charge in [0.25, 0.3) is 5.91 Å². The van der Waals surface area contributed by atoms with Crippen LogP contribution in [0.2, 0.25) is 0 Å². The zero-order valence-corrected chi connectivity index (χ0v) is 12.0. The maximum atomic E-state index is 12.7. The number of hydrogen-bond acceptors (Lipinski definition) is 4. The molecule has 0 bridgehead atoms. The van der Waals surface area contributed by atoms with Crippen molar-refractivity contribution in [3.8, 4) is 0 Å². The molecule has 1 aromatic rings. The summed E-state index contributed by atoms with van der Waals surface area (Å²) >= 11 is 0. The first kappa shape index (κ1) is 13.5. The summed E-state index contributed by atoms with van der Waals surface area (Å²) in [6, 6.07) is 1.86. The van der Waals surface area contributed by atoms with Gasteiger partial charge in [0.1, 0.15) is 11.5 Å². The van der Waals surface area contributed by atoms with Gasteiger partial charge in [0.2, 0.25) is 0 Å². The fourth-order valence-corrected chi connectivity index (χ4v) is 3.04. The lowest BCUT2D eigenvalue weighted by Crippen LogP contribution is -2.51. The number of rotatable bonds is 3. The smallest absolute Gasteiger partial charge is 0.272 e. The Morgan fingerprint density at radius 2 is 2.25 bits per heavy atom. The molecule has 2 N–H and O–H groups in total. The summed E-state index contributed by atoms with van der Waals surface area (Å²) in [7, 11) is 0. The standard InChI is InChI=1S/C15H22N4O/c1-10-3-2-8-19(13(10)9-16)15(20)12-6-7-17-14(18-12)11-4-5-11/h6-7,10-11,13H,2-5,8-9,16H2,1H3/t10-,13-/m1/s1. The fourth-order valence-electron chi connectivity index (χ4n) is 3.04. The van der Waals surface area contributed by atoms with Crippen molar-refractivity contribution in [2.45, 2.75) is 44.6 Å². The van der Waals surface area contributed by atoms with E-state index in [9.17, 15) is 4.79 Å². The molecule has 1 aliphatic heterocycles. The monoisotopic (exact) mass is 274 g/mol. The molecular formula is C15H22N4O. The number of amides is 1. The van der Waals surface area contributed by atoms with E-state index >= 15 is 0 Å². The second-order valence-electron chi connectivity index (χ2n) is 6.00. The molecule has 2 atom stereocenters. The minimum Gasteiger partial charge on any atom is -0.333 e. The van der Waals surface area contributed by atoms with E-state index in [-0.39, 0.29) is 11.9 Å². The van der Waals surface area contributed by atoms with Gasteiger partial charge in [0.05, 0.1) is 0 Å². The second-order valence-corrected chi connectivity index (χ2v) is 6.00. The number of carbonyl (C=O) groups is 1. The van der Waals surface area contributed by atoms with Crippen LogP contribution in [0.5, 0.6) is 0 Å². The van der Waals surface area contributed by atoms with Gasteiger partial charge in [0, 0.05) is 31.2 Å². The molecule has 1 amide bonds. The summed E-state index contributed by atoms with van der Waals surface area (Å²) in [4.78, 5) is 23.3. The molecule has 1 saturated carbocycles. The third-order valence-corrected chi connectivity index (χ3v) is 4.45. The van der Waals surface area contributed by atoms with Gasteiger partial charge in [0.15, 0.2) is 0 Å². The van der Waals surface area contributed by atoms with E-state index in [1.807, 2.05) is 4.90 Å². The SMILES string of the molecule is C[C@@H]1CCCN(C(=O)c2ccnc(C3CC3)n2)[C@@H]1CN. The first-order valence-corrected chi connectivity index (χ1v) is 7.54. The highest BCUT2D eigenvalue weighted by Crippen LogP contribution is 2.37. The lowest BCUT2D eigenvalue weighted by molar-refractivity contribution is 0.0526. The number of likely N-dealkylation sites (tertiary alicyclic amines) is 1.